The molecule has 5 rings (SSSR count). The van der Waals surface area contributed by atoms with Gasteiger partial charge in [0.1, 0.15) is 12.6 Å². The van der Waals surface area contributed by atoms with E-state index in [2.05, 4.69) is 11.8 Å². The zero-order chi connectivity index (χ0) is 22.9. The molecule has 4 aliphatic rings. The summed E-state index contributed by atoms with van der Waals surface area (Å²) in [5.74, 6) is 0.689. The minimum absolute atomic E-state index is 0.00324. The number of nitrogens with zero attached hydrogens (tertiary/aromatic N) is 4. The molecule has 0 N–H and O–H groups in total. The lowest BCUT2D eigenvalue weighted by molar-refractivity contribution is -0.133. The first-order valence-electron chi connectivity index (χ1n) is 12.8. The molecule has 1 aromatic rings. The third kappa shape index (κ3) is 4.34. The number of anilines is 2. The molecule has 4 heterocycles. The van der Waals surface area contributed by atoms with Crippen LogP contribution in [0, 0.1) is 5.92 Å². The molecule has 0 aromatic heterocycles. The van der Waals surface area contributed by atoms with Crippen molar-refractivity contribution in [3.05, 3.63) is 23.8 Å². The van der Waals surface area contributed by atoms with E-state index in [1.165, 1.54) is 6.42 Å². The largest absolute Gasteiger partial charge is 0.358 e. The molecule has 0 unspecified atom stereocenters. The lowest BCUT2D eigenvalue weighted by atomic mass is 9.95. The zero-order valence-electron chi connectivity index (χ0n) is 19.8. The topological polar surface area (TPSA) is 64.2 Å². The maximum atomic E-state index is 13.6. The lowest BCUT2D eigenvalue weighted by Gasteiger charge is -2.45. The summed E-state index contributed by atoms with van der Waals surface area (Å²) in [5, 5.41) is 0. The summed E-state index contributed by atoms with van der Waals surface area (Å²) < 4.78 is 0. The lowest BCUT2D eigenvalue weighted by Crippen LogP contribution is -2.57. The maximum Gasteiger partial charge on any atom is 0.253 e. The highest BCUT2D eigenvalue weighted by Gasteiger charge is 2.41. The molecule has 4 aliphatic heterocycles. The molecule has 178 valence electrons. The van der Waals surface area contributed by atoms with Crippen LogP contribution in [0.1, 0.15) is 68.6 Å². The standard InChI is InChI=1S/C26H36N4O3/c1-19-10-15-27(16-11-19)24(31)18-30-23-17-20(25(32)28-12-4-2-5-13-28)8-9-21(23)29-14-6-3-7-22(29)26(30)33/h8-9,17,19,22H,2-7,10-16,18H2,1H3/t22-/m1/s1. The number of piperidine rings is 3. The molecule has 0 aliphatic carbocycles. The van der Waals surface area contributed by atoms with Crippen LogP contribution in [0.25, 0.3) is 0 Å². The van der Waals surface area contributed by atoms with Crippen LogP contribution in [0.2, 0.25) is 0 Å². The van der Waals surface area contributed by atoms with Crippen molar-refractivity contribution in [1.29, 1.82) is 0 Å². The second-order valence-electron chi connectivity index (χ2n) is 10.2. The summed E-state index contributed by atoms with van der Waals surface area (Å²) in [4.78, 5) is 47.7. The van der Waals surface area contributed by atoms with Gasteiger partial charge in [0.15, 0.2) is 0 Å². The number of fused-ring (bicyclic) bond motifs is 3. The molecule has 1 aromatic carbocycles. The Morgan fingerprint density at radius 3 is 2.33 bits per heavy atom. The molecule has 33 heavy (non-hydrogen) atoms. The summed E-state index contributed by atoms with van der Waals surface area (Å²) in [6.07, 6.45) is 8.19. The van der Waals surface area contributed by atoms with Crippen LogP contribution in [0.15, 0.2) is 18.2 Å². The van der Waals surface area contributed by atoms with E-state index >= 15 is 0 Å². The van der Waals surface area contributed by atoms with Crippen molar-refractivity contribution >= 4 is 29.1 Å². The van der Waals surface area contributed by atoms with Gasteiger partial charge in [0, 0.05) is 38.3 Å². The van der Waals surface area contributed by atoms with E-state index in [4.69, 9.17) is 0 Å². The van der Waals surface area contributed by atoms with Crippen molar-refractivity contribution in [3.8, 4) is 0 Å². The van der Waals surface area contributed by atoms with E-state index in [9.17, 15) is 14.4 Å². The molecule has 0 radical (unpaired) electrons. The van der Waals surface area contributed by atoms with Gasteiger partial charge in [-0.2, -0.15) is 0 Å². The second-order valence-corrected chi connectivity index (χ2v) is 10.2. The van der Waals surface area contributed by atoms with Crippen molar-refractivity contribution in [3.63, 3.8) is 0 Å². The fraction of sp³-hybridized carbons (Fsp3) is 0.654. The van der Waals surface area contributed by atoms with Crippen molar-refractivity contribution in [2.45, 2.75) is 64.3 Å². The van der Waals surface area contributed by atoms with Gasteiger partial charge in [-0.1, -0.05) is 6.92 Å². The first-order valence-corrected chi connectivity index (χ1v) is 12.8. The number of rotatable bonds is 3. The van der Waals surface area contributed by atoms with E-state index < -0.39 is 0 Å². The van der Waals surface area contributed by atoms with Crippen molar-refractivity contribution in [2.75, 3.05) is 49.1 Å². The van der Waals surface area contributed by atoms with Gasteiger partial charge in [-0.3, -0.25) is 19.3 Å². The Morgan fingerprint density at radius 2 is 1.58 bits per heavy atom. The average molecular weight is 453 g/mol. The molecule has 7 heteroatoms. The fourth-order valence-electron chi connectivity index (χ4n) is 5.83. The van der Waals surface area contributed by atoms with Crippen LogP contribution < -0.4 is 9.80 Å². The quantitative estimate of drug-likeness (QED) is 0.706. The van der Waals surface area contributed by atoms with Crippen LogP contribution in [0.4, 0.5) is 11.4 Å². The van der Waals surface area contributed by atoms with Gasteiger partial charge in [-0.05, 0) is 75.5 Å². The van der Waals surface area contributed by atoms with Crippen LogP contribution in [0.3, 0.4) is 0 Å². The molecule has 1 atom stereocenters. The van der Waals surface area contributed by atoms with Crippen molar-refractivity contribution in [2.24, 2.45) is 5.92 Å². The van der Waals surface area contributed by atoms with Crippen molar-refractivity contribution in [1.82, 2.24) is 9.80 Å². The van der Waals surface area contributed by atoms with E-state index in [0.717, 1.165) is 89.0 Å². The maximum absolute atomic E-state index is 13.6. The highest BCUT2D eigenvalue weighted by molar-refractivity contribution is 6.09. The zero-order valence-corrected chi connectivity index (χ0v) is 19.8. The van der Waals surface area contributed by atoms with Gasteiger partial charge in [0.05, 0.1) is 11.4 Å². The molecule has 0 bridgehead atoms. The monoisotopic (exact) mass is 452 g/mol. The molecular weight excluding hydrogens is 416 g/mol. The predicted octanol–water partition coefficient (Wildman–Crippen LogP) is 3.28. The number of carbonyl (C=O) groups is 3. The summed E-state index contributed by atoms with van der Waals surface area (Å²) >= 11 is 0. The number of benzene rings is 1. The Balaban J connectivity index is 1.44. The highest BCUT2D eigenvalue weighted by atomic mass is 16.2. The SMILES string of the molecule is CC1CCN(C(=O)CN2C(=O)[C@H]3CCCCN3c3ccc(C(=O)N4CCCCC4)cc32)CC1. The minimum atomic E-state index is -0.205. The van der Waals surface area contributed by atoms with Crippen LogP contribution in [0.5, 0.6) is 0 Å². The Hall–Kier alpha value is -2.57. The molecule has 0 spiro atoms. The number of hydrogen-bond donors (Lipinski definition) is 0. The number of amides is 3. The average Bonchev–Trinajstić information content (AvgIpc) is 2.86. The number of carbonyl (C=O) groups excluding carboxylic acids is 3. The molecule has 3 saturated heterocycles. The number of likely N-dealkylation sites (tertiary alicyclic amines) is 2. The van der Waals surface area contributed by atoms with Gasteiger partial charge in [0.2, 0.25) is 11.8 Å². The normalized spacial score (nSPS) is 23.9. The Kier molecular flexibility index (Phi) is 6.30. The smallest absolute Gasteiger partial charge is 0.253 e. The van der Waals surface area contributed by atoms with Gasteiger partial charge in [-0.25, -0.2) is 0 Å². The van der Waals surface area contributed by atoms with Crippen molar-refractivity contribution < 1.29 is 14.4 Å². The Bertz CT molecular complexity index is 918. The van der Waals surface area contributed by atoms with Gasteiger partial charge >= 0.3 is 0 Å². The highest BCUT2D eigenvalue weighted by Crippen LogP contribution is 2.40. The van der Waals surface area contributed by atoms with Gasteiger partial charge < -0.3 is 14.7 Å². The Morgan fingerprint density at radius 1 is 0.848 bits per heavy atom. The summed E-state index contributed by atoms with van der Waals surface area (Å²) in [7, 11) is 0. The van der Waals surface area contributed by atoms with Crippen LogP contribution in [-0.2, 0) is 9.59 Å². The summed E-state index contributed by atoms with van der Waals surface area (Å²) in [5.41, 5.74) is 2.32. The van der Waals surface area contributed by atoms with Crippen LogP contribution >= 0.6 is 0 Å². The molecule has 3 fully saturated rings. The van der Waals surface area contributed by atoms with Gasteiger partial charge in [0.25, 0.3) is 5.91 Å². The molecular formula is C26H36N4O3. The first-order chi connectivity index (χ1) is 16.0. The van der Waals surface area contributed by atoms with E-state index in [1.807, 2.05) is 28.0 Å². The Labute approximate surface area is 196 Å². The van der Waals surface area contributed by atoms with Gasteiger partial charge in [-0.15, -0.1) is 0 Å². The summed E-state index contributed by atoms with van der Waals surface area (Å²) in [6, 6.07) is 5.56. The first kappa shape index (κ1) is 22.2. The molecule has 3 amide bonds. The summed E-state index contributed by atoms with van der Waals surface area (Å²) in [6.45, 7) is 6.23. The fourth-order valence-corrected chi connectivity index (χ4v) is 5.83. The van der Waals surface area contributed by atoms with E-state index in [1.54, 1.807) is 4.90 Å². The number of hydrogen-bond acceptors (Lipinski definition) is 4. The van der Waals surface area contributed by atoms with E-state index in [-0.39, 0.29) is 30.3 Å². The van der Waals surface area contributed by atoms with E-state index in [0.29, 0.717) is 11.5 Å². The third-order valence-electron chi connectivity index (χ3n) is 7.95. The third-order valence-corrected chi connectivity index (χ3v) is 7.95. The molecule has 7 nitrogen and oxygen atoms in total. The molecule has 0 saturated carbocycles. The van der Waals surface area contributed by atoms with Crippen LogP contribution in [-0.4, -0.2) is 72.8 Å². The second kappa shape index (κ2) is 9.35. The minimum Gasteiger partial charge on any atom is -0.358 e. The predicted molar refractivity (Wildman–Crippen MR) is 129 cm³/mol.